The third-order valence-corrected chi connectivity index (χ3v) is 2.18. The van der Waals surface area contributed by atoms with Gasteiger partial charge in [-0.3, -0.25) is 4.79 Å². The van der Waals surface area contributed by atoms with Crippen molar-refractivity contribution in [1.82, 2.24) is 5.32 Å². The van der Waals surface area contributed by atoms with Crippen LogP contribution < -0.4 is 5.32 Å². The van der Waals surface area contributed by atoms with Crippen LogP contribution >= 0.6 is 0 Å². The molecule has 0 aromatic heterocycles. The summed E-state index contributed by atoms with van der Waals surface area (Å²) in [5.74, 6) is 1.71. The summed E-state index contributed by atoms with van der Waals surface area (Å²) in [5, 5.41) is 2.74. The van der Waals surface area contributed by atoms with Gasteiger partial charge in [-0.1, -0.05) is 0 Å². The molecule has 0 aromatic rings. The molecule has 0 heterocycles. The lowest BCUT2D eigenvalue weighted by Crippen LogP contribution is -2.32. The molecular weight excluding hydrogens is 154 g/mol. The Hall–Kier alpha value is -1.01. The first-order chi connectivity index (χ1) is 5.76. The first-order valence-electron chi connectivity index (χ1n) is 4.06. The summed E-state index contributed by atoms with van der Waals surface area (Å²) in [6.45, 7) is 0. The highest BCUT2D eigenvalue weighted by Crippen LogP contribution is 2.20. The average Bonchev–Trinajstić information content (AvgIpc) is 2.52. The lowest BCUT2D eigenvalue weighted by atomic mass is 10.2. The van der Waals surface area contributed by atoms with Gasteiger partial charge in [0.25, 0.3) is 5.91 Å². The maximum atomic E-state index is 10.8. The van der Waals surface area contributed by atoms with Crippen LogP contribution in [0.1, 0.15) is 19.3 Å². The molecule has 3 nitrogen and oxygen atoms in total. The van der Waals surface area contributed by atoms with Gasteiger partial charge in [-0.05, 0) is 25.2 Å². The Morgan fingerprint density at radius 3 is 2.92 bits per heavy atom. The second-order valence-corrected chi connectivity index (χ2v) is 2.99. The maximum absolute atomic E-state index is 10.8. The molecule has 1 fully saturated rings. The van der Waals surface area contributed by atoms with Gasteiger partial charge in [0.05, 0.1) is 6.10 Å². The van der Waals surface area contributed by atoms with Gasteiger partial charge in [0.1, 0.15) is 0 Å². The highest BCUT2D eigenvalue weighted by molar-refractivity contribution is 5.93. The second kappa shape index (κ2) is 4.13. The molecule has 0 spiro atoms. The molecule has 0 bridgehead atoms. The zero-order valence-electron chi connectivity index (χ0n) is 7.17. The van der Waals surface area contributed by atoms with Crippen molar-refractivity contribution in [3.05, 3.63) is 0 Å². The summed E-state index contributed by atoms with van der Waals surface area (Å²) >= 11 is 0. The van der Waals surface area contributed by atoms with Crippen LogP contribution in [0.25, 0.3) is 0 Å². The van der Waals surface area contributed by atoms with Crippen molar-refractivity contribution in [2.45, 2.75) is 31.4 Å². The van der Waals surface area contributed by atoms with E-state index in [1.54, 1.807) is 7.11 Å². The van der Waals surface area contributed by atoms with E-state index in [0.29, 0.717) is 0 Å². The number of amides is 1. The predicted molar refractivity (Wildman–Crippen MR) is 45.4 cm³/mol. The summed E-state index contributed by atoms with van der Waals surface area (Å²) in [4.78, 5) is 10.8. The van der Waals surface area contributed by atoms with Gasteiger partial charge in [0.15, 0.2) is 0 Å². The van der Waals surface area contributed by atoms with Crippen LogP contribution in [0.2, 0.25) is 0 Å². The molecule has 1 saturated carbocycles. The number of methoxy groups -OCH3 is 1. The van der Waals surface area contributed by atoms with Crippen molar-refractivity contribution in [1.29, 1.82) is 0 Å². The van der Waals surface area contributed by atoms with E-state index in [1.165, 1.54) is 0 Å². The number of hydrogen-bond acceptors (Lipinski definition) is 2. The zero-order valence-corrected chi connectivity index (χ0v) is 7.17. The van der Waals surface area contributed by atoms with Gasteiger partial charge < -0.3 is 10.1 Å². The number of terminal acetylenes is 1. The first kappa shape index (κ1) is 9.08. The molecule has 2 unspecified atom stereocenters. The fraction of sp³-hybridized carbons (Fsp3) is 0.667. The molecule has 1 aliphatic rings. The fourth-order valence-corrected chi connectivity index (χ4v) is 1.51. The number of carbonyl (C=O) groups excluding carboxylic acids is 1. The molecule has 66 valence electrons. The number of ether oxygens (including phenoxy) is 1. The van der Waals surface area contributed by atoms with E-state index in [0.717, 1.165) is 19.3 Å². The standard InChI is InChI=1S/C9H13NO2/c1-3-9(11)10-7-4-5-8(6-7)12-2/h1,7-8H,4-6H2,2H3,(H,10,11). The second-order valence-electron chi connectivity index (χ2n) is 2.99. The fourth-order valence-electron chi connectivity index (χ4n) is 1.51. The normalized spacial score (nSPS) is 28.0. The molecular formula is C9H13NO2. The maximum Gasteiger partial charge on any atom is 0.295 e. The van der Waals surface area contributed by atoms with E-state index < -0.39 is 0 Å². The Kier molecular flexibility index (Phi) is 3.12. The van der Waals surface area contributed by atoms with E-state index in [4.69, 9.17) is 11.2 Å². The van der Waals surface area contributed by atoms with Crippen LogP contribution in [0.15, 0.2) is 0 Å². The van der Waals surface area contributed by atoms with Gasteiger partial charge in [0.2, 0.25) is 0 Å². The highest BCUT2D eigenvalue weighted by Gasteiger charge is 2.24. The Bertz CT molecular complexity index is 207. The van der Waals surface area contributed by atoms with Gasteiger partial charge in [-0.15, -0.1) is 6.42 Å². The molecule has 0 radical (unpaired) electrons. The van der Waals surface area contributed by atoms with Crippen LogP contribution in [0.5, 0.6) is 0 Å². The molecule has 2 atom stereocenters. The van der Waals surface area contributed by atoms with Crippen LogP contribution in [0.4, 0.5) is 0 Å². The smallest absolute Gasteiger partial charge is 0.295 e. The Balaban J connectivity index is 2.29. The summed E-state index contributed by atoms with van der Waals surface area (Å²) in [6.07, 6.45) is 8.06. The molecule has 3 heteroatoms. The third kappa shape index (κ3) is 2.24. The average molecular weight is 167 g/mol. The summed E-state index contributed by atoms with van der Waals surface area (Å²) in [7, 11) is 1.69. The van der Waals surface area contributed by atoms with E-state index in [2.05, 4.69) is 5.32 Å². The molecule has 12 heavy (non-hydrogen) atoms. The first-order valence-corrected chi connectivity index (χ1v) is 4.06. The number of rotatable bonds is 2. The van der Waals surface area contributed by atoms with Crippen molar-refractivity contribution >= 4 is 5.91 Å². The van der Waals surface area contributed by atoms with E-state index in [1.807, 2.05) is 5.92 Å². The largest absolute Gasteiger partial charge is 0.381 e. The molecule has 1 N–H and O–H groups in total. The van der Waals surface area contributed by atoms with Crippen LogP contribution in [-0.4, -0.2) is 25.2 Å². The molecule has 1 amide bonds. The van der Waals surface area contributed by atoms with Crippen molar-refractivity contribution in [2.75, 3.05) is 7.11 Å². The van der Waals surface area contributed by atoms with E-state index >= 15 is 0 Å². The topological polar surface area (TPSA) is 38.3 Å². The quantitative estimate of drug-likeness (QED) is 0.601. The van der Waals surface area contributed by atoms with Crippen LogP contribution in [0.3, 0.4) is 0 Å². The Morgan fingerprint density at radius 2 is 2.42 bits per heavy atom. The number of nitrogens with one attached hydrogen (secondary N) is 1. The predicted octanol–water partition coefficient (Wildman–Crippen LogP) is 0.303. The SMILES string of the molecule is C#CC(=O)NC1CCC(OC)C1. The number of carbonyl (C=O) groups is 1. The van der Waals surface area contributed by atoms with E-state index in [-0.39, 0.29) is 18.1 Å². The van der Waals surface area contributed by atoms with E-state index in [9.17, 15) is 4.79 Å². The summed E-state index contributed by atoms with van der Waals surface area (Å²) in [6, 6.07) is 0.207. The van der Waals surface area contributed by atoms with Gasteiger partial charge in [-0.25, -0.2) is 0 Å². The molecule has 0 aliphatic heterocycles. The van der Waals surface area contributed by atoms with Crippen LogP contribution in [0, 0.1) is 12.3 Å². The minimum atomic E-state index is -0.322. The molecule has 0 aromatic carbocycles. The number of hydrogen-bond donors (Lipinski definition) is 1. The Labute approximate surface area is 72.5 Å². The van der Waals surface area contributed by atoms with Crippen molar-refractivity contribution < 1.29 is 9.53 Å². The minimum absolute atomic E-state index is 0.207. The van der Waals surface area contributed by atoms with Crippen molar-refractivity contribution in [2.24, 2.45) is 0 Å². The highest BCUT2D eigenvalue weighted by atomic mass is 16.5. The minimum Gasteiger partial charge on any atom is -0.381 e. The van der Waals surface area contributed by atoms with Gasteiger partial charge in [0, 0.05) is 13.2 Å². The van der Waals surface area contributed by atoms with Gasteiger partial charge in [-0.2, -0.15) is 0 Å². The van der Waals surface area contributed by atoms with Gasteiger partial charge >= 0.3 is 0 Å². The zero-order chi connectivity index (χ0) is 8.97. The third-order valence-electron chi connectivity index (χ3n) is 2.18. The lowest BCUT2D eigenvalue weighted by Gasteiger charge is -2.09. The monoisotopic (exact) mass is 167 g/mol. The molecule has 1 aliphatic carbocycles. The van der Waals surface area contributed by atoms with Crippen molar-refractivity contribution in [3.8, 4) is 12.3 Å². The lowest BCUT2D eigenvalue weighted by molar-refractivity contribution is -0.116. The van der Waals surface area contributed by atoms with Crippen LogP contribution in [-0.2, 0) is 9.53 Å². The Morgan fingerprint density at radius 1 is 1.67 bits per heavy atom. The molecule has 0 saturated heterocycles. The summed E-state index contributed by atoms with van der Waals surface area (Å²) in [5.41, 5.74) is 0. The molecule has 1 rings (SSSR count). The summed E-state index contributed by atoms with van der Waals surface area (Å²) < 4.78 is 5.15. The van der Waals surface area contributed by atoms with Crippen molar-refractivity contribution in [3.63, 3.8) is 0 Å².